The lowest BCUT2D eigenvalue weighted by molar-refractivity contribution is -0.150. The summed E-state index contributed by atoms with van der Waals surface area (Å²) in [5.41, 5.74) is 0. The first-order chi connectivity index (χ1) is 11.0. The predicted octanol–water partition coefficient (Wildman–Crippen LogP) is 0.374. The molecule has 4 unspecified atom stereocenters. The van der Waals surface area contributed by atoms with Gasteiger partial charge in [-0.05, 0) is 31.1 Å². The van der Waals surface area contributed by atoms with Crippen molar-refractivity contribution in [1.82, 2.24) is 10.6 Å². The molecule has 0 spiro atoms. The molecule has 2 N–H and O–H groups in total. The van der Waals surface area contributed by atoms with Gasteiger partial charge in [0.1, 0.15) is 6.04 Å². The first-order valence-corrected chi connectivity index (χ1v) is 8.17. The van der Waals surface area contributed by atoms with Crippen molar-refractivity contribution in [2.24, 2.45) is 11.8 Å². The second kappa shape index (κ2) is 7.77. The molecule has 1 aliphatic heterocycles. The molecule has 0 bridgehead atoms. The van der Waals surface area contributed by atoms with Crippen LogP contribution in [0.15, 0.2) is 0 Å². The normalized spacial score (nSPS) is 30.9. The molecule has 0 aromatic carbocycles. The van der Waals surface area contributed by atoms with Gasteiger partial charge in [-0.2, -0.15) is 0 Å². The summed E-state index contributed by atoms with van der Waals surface area (Å²) >= 11 is 0. The maximum atomic E-state index is 12.5. The van der Waals surface area contributed by atoms with Crippen LogP contribution < -0.4 is 10.6 Å². The molecule has 0 aromatic rings. The van der Waals surface area contributed by atoms with E-state index in [1.807, 2.05) is 0 Å². The van der Waals surface area contributed by atoms with Crippen molar-refractivity contribution in [3.63, 3.8) is 0 Å². The van der Waals surface area contributed by atoms with E-state index in [9.17, 15) is 14.4 Å². The molecule has 2 rings (SSSR count). The number of nitrogens with one attached hydrogen (secondary N) is 2. The van der Waals surface area contributed by atoms with E-state index in [1.165, 1.54) is 27.1 Å². The van der Waals surface area contributed by atoms with Gasteiger partial charge in [-0.25, -0.2) is 4.79 Å². The van der Waals surface area contributed by atoms with E-state index in [0.29, 0.717) is 17.9 Å². The van der Waals surface area contributed by atoms with Crippen molar-refractivity contribution in [1.29, 1.82) is 0 Å². The van der Waals surface area contributed by atoms with Crippen LogP contribution in [-0.2, 0) is 23.9 Å². The third-order valence-corrected chi connectivity index (χ3v) is 5.00. The van der Waals surface area contributed by atoms with Gasteiger partial charge in [-0.3, -0.25) is 9.59 Å². The fourth-order valence-electron chi connectivity index (χ4n) is 3.73. The first-order valence-electron chi connectivity index (χ1n) is 8.17. The van der Waals surface area contributed by atoms with Gasteiger partial charge in [-0.15, -0.1) is 0 Å². The molecular weight excluding hydrogens is 300 g/mol. The number of methoxy groups -OCH3 is 2. The lowest BCUT2D eigenvalue weighted by atomic mass is 9.78. The molecule has 7 heteroatoms. The molecule has 1 heterocycles. The topological polar surface area (TPSA) is 93.7 Å². The molecule has 1 saturated heterocycles. The average molecular weight is 326 g/mol. The van der Waals surface area contributed by atoms with Gasteiger partial charge in [0.15, 0.2) is 0 Å². The van der Waals surface area contributed by atoms with Crippen LogP contribution in [0, 0.1) is 11.8 Å². The van der Waals surface area contributed by atoms with Gasteiger partial charge in [0.2, 0.25) is 5.91 Å². The van der Waals surface area contributed by atoms with Crippen LogP contribution in [0.2, 0.25) is 0 Å². The van der Waals surface area contributed by atoms with E-state index in [1.54, 1.807) is 0 Å². The molecule has 1 amide bonds. The van der Waals surface area contributed by atoms with E-state index in [2.05, 4.69) is 27.0 Å². The number of esters is 2. The summed E-state index contributed by atoms with van der Waals surface area (Å²) in [6, 6.07) is -0.978. The number of hydrogen-bond acceptors (Lipinski definition) is 6. The van der Waals surface area contributed by atoms with E-state index in [0.717, 1.165) is 12.8 Å². The van der Waals surface area contributed by atoms with Crippen LogP contribution in [0.3, 0.4) is 0 Å². The molecule has 23 heavy (non-hydrogen) atoms. The zero-order chi connectivity index (χ0) is 17.0. The van der Waals surface area contributed by atoms with Gasteiger partial charge in [0, 0.05) is 6.04 Å². The van der Waals surface area contributed by atoms with Crippen molar-refractivity contribution in [3.05, 3.63) is 0 Å². The molecular formula is C16H26N2O5. The number of carbonyl (C=O) groups is 3. The molecule has 2 aliphatic rings. The first kappa shape index (κ1) is 17.7. The van der Waals surface area contributed by atoms with Crippen LogP contribution in [0.5, 0.6) is 0 Å². The third kappa shape index (κ3) is 4.22. The summed E-state index contributed by atoms with van der Waals surface area (Å²) in [5, 5.41) is 6.01. The van der Waals surface area contributed by atoms with Crippen LogP contribution in [0.4, 0.5) is 0 Å². The minimum Gasteiger partial charge on any atom is -0.469 e. The highest BCUT2D eigenvalue weighted by molar-refractivity contribution is 5.90. The summed E-state index contributed by atoms with van der Waals surface area (Å²) in [6.45, 7) is 2.21. The number of amides is 1. The second-order valence-electron chi connectivity index (χ2n) is 6.51. The smallest absolute Gasteiger partial charge is 0.328 e. The van der Waals surface area contributed by atoms with Crippen molar-refractivity contribution < 1.29 is 23.9 Å². The van der Waals surface area contributed by atoms with Crippen molar-refractivity contribution in [2.45, 2.75) is 57.2 Å². The third-order valence-electron chi connectivity index (χ3n) is 5.00. The molecule has 0 radical (unpaired) electrons. The standard InChI is InChI=1S/C16H26N2O5/c1-9-5-4-6-10-7-11(17-14(9)10)15(20)18-12(16(21)23-3)8-13(19)22-2/h9-12,14,17H,4-8H2,1-3H3,(H,18,20)/t9?,10?,11?,12-,14?/m0/s1. The van der Waals surface area contributed by atoms with E-state index < -0.39 is 18.0 Å². The van der Waals surface area contributed by atoms with Crippen LogP contribution in [-0.4, -0.2) is 50.2 Å². The van der Waals surface area contributed by atoms with Crippen molar-refractivity contribution in [3.8, 4) is 0 Å². The predicted molar refractivity (Wildman–Crippen MR) is 82.4 cm³/mol. The molecule has 1 saturated carbocycles. The lowest BCUT2D eigenvalue weighted by Crippen LogP contribution is -2.51. The second-order valence-corrected chi connectivity index (χ2v) is 6.51. The Hall–Kier alpha value is -1.63. The average Bonchev–Trinajstić information content (AvgIpc) is 2.99. The molecule has 130 valence electrons. The Morgan fingerprint density at radius 1 is 1.22 bits per heavy atom. The van der Waals surface area contributed by atoms with Crippen LogP contribution in [0.25, 0.3) is 0 Å². The van der Waals surface area contributed by atoms with Gasteiger partial charge < -0.3 is 20.1 Å². The number of ether oxygens (including phenoxy) is 2. The lowest BCUT2D eigenvalue weighted by Gasteiger charge is -2.31. The van der Waals surface area contributed by atoms with Crippen molar-refractivity contribution >= 4 is 17.8 Å². The quantitative estimate of drug-likeness (QED) is 0.709. The van der Waals surface area contributed by atoms with Gasteiger partial charge in [-0.1, -0.05) is 13.3 Å². The summed E-state index contributed by atoms with van der Waals surface area (Å²) in [7, 11) is 2.46. The highest BCUT2D eigenvalue weighted by Gasteiger charge is 2.42. The van der Waals surface area contributed by atoms with Crippen molar-refractivity contribution in [2.75, 3.05) is 14.2 Å². The Balaban J connectivity index is 1.96. The zero-order valence-corrected chi connectivity index (χ0v) is 14.0. The minimum absolute atomic E-state index is 0.231. The monoisotopic (exact) mass is 326 g/mol. The highest BCUT2D eigenvalue weighted by atomic mass is 16.5. The number of rotatable bonds is 5. The zero-order valence-electron chi connectivity index (χ0n) is 14.0. The molecule has 1 aliphatic carbocycles. The summed E-state index contributed by atoms with van der Waals surface area (Å²) in [6.07, 6.45) is 4.05. The molecule has 2 fully saturated rings. The number of fused-ring (bicyclic) bond motifs is 1. The number of carbonyl (C=O) groups excluding carboxylic acids is 3. The summed E-state index contributed by atoms with van der Waals surface area (Å²) < 4.78 is 9.21. The Morgan fingerprint density at radius 3 is 2.57 bits per heavy atom. The number of hydrogen-bond donors (Lipinski definition) is 2. The molecule has 7 nitrogen and oxygen atoms in total. The van der Waals surface area contributed by atoms with E-state index in [4.69, 9.17) is 0 Å². The van der Waals surface area contributed by atoms with Gasteiger partial charge in [0.05, 0.1) is 26.7 Å². The summed E-state index contributed by atoms with van der Waals surface area (Å²) in [4.78, 5) is 35.6. The van der Waals surface area contributed by atoms with Gasteiger partial charge >= 0.3 is 11.9 Å². The SMILES string of the molecule is COC(=O)C[C@H](NC(=O)C1CC2CCCC(C)C2N1)C(=O)OC. The Morgan fingerprint density at radius 2 is 1.96 bits per heavy atom. The molecule has 0 aromatic heterocycles. The fourth-order valence-corrected chi connectivity index (χ4v) is 3.73. The Kier molecular flexibility index (Phi) is 5.98. The largest absolute Gasteiger partial charge is 0.469 e. The Labute approximate surface area is 136 Å². The highest BCUT2D eigenvalue weighted by Crippen LogP contribution is 2.36. The van der Waals surface area contributed by atoms with E-state index >= 15 is 0 Å². The van der Waals surface area contributed by atoms with Crippen LogP contribution in [0.1, 0.15) is 39.0 Å². The Bertz CT molecular complexity index is 467. The maximum Gasteiger partial charge on any atom is 0.328 e. The summed E-state index contributed by atoms with van der Waals surface area (Å²) in [5.74, 6) is -0.412. The fraction of sp³-hybridized carbons (Fsp3) is 0.812. The minimum atomic E-state index is -1.01. The molecule has 5 atom stereocenters. The maximum absolute atomic E-state index is 12.5. The van der Waals surface area contributed by atoms with Crippen LogP contribution >= 0.6 is 0 Å². The van der Waals surface area contributed by atoms with E-state index in [-0.39, 0.29) is 18.4 Å². The van der Waals surface area contributed by atoms with Gasteiger partial charge in [0.25, 0.3) is 0 Å².